The van der Waals surface area contributed by atoms with Crippen molar-refractivity contribution in [3.63, 3.8) is 0 Å². The van der Waals surface area contributed by atoms with Crippen molar-refractivity contribution >= 4 is 40.3 Å². The fourth-order valence-electron chi connectivity index (χ4n) is 3.14. The summed E-state index contributed by atoms with van der Waals surface area (Å²) in [5, 5.41) is 4.53. The number of carbonyl (C=O) groups is 1. The Labute approximate surface area is 180 Å². The number of halogens is 1. The third-order valence-corrected chi connectivity index (χ3v) is 5.85. The molecule has 2 aromatic carbocycles. The highest BCUT2D eigenvalue weighted by Crippen LogP contribution is 2.26. The summed E-state index contributed by atoms with van der Waals surface area (Å²) in [7, 11) is 1.67. The zero-order valence-corrected chi connectivity index (χ0v) is 18.3. The van der Waals surface area contributed by atoms with Gasteiger partial charge in [-0.15, -0.1) is 0 Å². The number of thioether (sulfide) groups is 1. The van der Waals surface area contributed by atoms with E-state index in [0.29, 0.717) is 23.9 Å². The molecule has 29 heavy (non-hydrogen) atoms. The number of ether oxygens (including phenoxy) is 1. The molecule has 0 aliphatic carbocycles. The van der Waals surface area contributed by atoms with E-state index in [1.54, 1.807) is 7.11 Å². The number of imidazole rings is 1. The normalized spacial score (nSPS) is 12.2. The molecular weight excluding hydrogens is 406 g/mol. The molecule has 1 unspecified atom stereocenters. The zero-order chi connectivity index (χ0) is 20.6. The fraction of sp³-hybridized carbons (Fsp3) is 0.364. The van der Waals surface area contributed by atoms with Crippen LogP contribution in [-0.2, 0) is 22.5 Å². The number of nitrogens with one attached hydrogen (secondary N) is 1. The Kier molecular flexibility index (Phi) is 7.98. The van der Waals surface area contributed by atoms with Gasteiger partial charge in [0, 0.05) is 24.7 Å². The number of hydrogen-bond acceptors (Lipinski definition) is 4. The van der Waals surface area contributed by atoms with Crippen LogP contribution in [0.5, 0.6) is 0 Å². The van der Waals surface area contributed by atoms with Gasteiger partial charge in [0.15, 0.2) is 5.16 Å². The van der Waals surface area contributed by atoms with Gasteiger partial charge in [0.25, 0.3) is 0 Å². The minimum absolute atomic E-state index is 0.0129. The number of benzene rings is 2. The molecule has 1 N–H and O–H groups in total. The van der Waals surface area contributed by atoms with E-state index in [-0.39, 0.29) is 11.9 Å². The van der Waals surface area contributed by atoms with Gasteiger partial charge >= 0.3 is 0 Å². The smallest absolute Gasteiger partial charge is 0.230 e. The largest absolute Gasteiger partial charge is 0.383 e. The van der Waals surface area contributed by atoms with Gasteiger partial charge in [-0.05, 0) is 43.5 Å². The third kappa shape index (κ3) is 6.23. The maximum absolute atomic E-state index is 12.4. The van der Waals surface area contributed by atoms with Crippen LogP contribution in [0.2, 0.25) is 5.02 Å². The number of rotatable bonds is 10. The molecule has 3 aromatic rings. The van der Waals surface area contributed by atoms with E-state index < -0.39 is 0 Å². The summed E-state index contributed by atoms with van der Waals surface area (Å²) in [5.41, 5.74) is 3.10. The van der Waals surface area contributed by atoms with Gasteiger partial charge in [-0.2, -0.15) is 0 Å². The lowest BCUT2D eigenvalue weighted by Crippen LogP contribution is -2.34. The maximum Gasteiger partial charge on any atom is 0.230 e. The van der Waals surface area contributed by atoms with Gasteiger partial charge in [-0.25, -0.2) is 4.98 Å². The second kappa shape index (κ2) is 10.7. The van der Waals surface area contributed by atoms with Crippen molar-refractivity contribution in [2.24, 2.45) is 0 Å². The number of hydrogen-bond donors (Lipinski definition) is 1. The van der Waals surface area contributed by atoms with E-state index in [4.69, 9.17) is 16.3 Å². The van der Waals surface area contributed by atoms with Crippen molar-refractivity contribution in [1.29, 1.82) is 0 Å². The second-order valence-corrected chi connectivity index (χ2v) is 8.33. The van der Waals surface area contributed by atoms with Crippen molar-refractivity contribution in [3.8, 4) is 0 Å². The van der Waals surface area contributed by atoms with Crippen molar-refractivity contribution in [2.45, 2.75) is 37.5 Å². The molecule has 0 aliphatic rings. The summed E-state index contributed by atoms with van der Waals surface area (Å²) in [4.78, 5) is 17.1. The first kappa shape index (κ1) is 21.7. The number of carbonyl (C=O) groups excluding carboxylic acids is 1. The second-order valence-electron chi connectivity index (χ2n) is 6.95. The Morgan fingerprint density at radius 3 is 2.83 bits per heavy atom. The molecule has 7 heteroatoms. The molecule has 0 bridgehead atoms. The minimum Gasteiger partial charge on any atom is -0.383 e. The number of fused-ring (bicyclic) bond motifs is 1. The molecule has 1 atom stereocenters. The van der Waals surface area contributed by atoms with Crippen molar-refractivity contribution in [2.75, 3.05) is 19.5 Å². The average Bonchev–Trinajstić information content (AvgIpc) is 3.06. The van der Waals surface area contributed by atoms with E-state index >= 15 is 0 Å². The van der Waals surface area contributed by atoms with Crippen LogP contribution in [0, 0.1) is 0 Å². The molecule has 0 aliphatic heterocycles. The van der Waals surface area contributed by atoms with Gasteiger partial charge in [0.2, 0.25) is 5.91 Å². The topological polar surface area (TPSA) is 56.1 Å². The monoisotopic (exact) mass is 431 g/mol. The Bertz CT molecular complexity index is 946. The molecule has 154 valence electrons. The Hall–Kier alpha value is -2.02. The standard InChI is InChI=1S/C22H26ClN3O2S/c1-16(8-9-17-6-4-3-5-7-17)24-21(27)15-29-22-25-19-14-18(23)10-11-20(19)26(22)12-13-28-2/h3-7,10-11,14,16H,8-9,12-13,15H2,1-2H3,(H,24,27). The van der Waals surface area contributed by atoms with Crippen molar-refractivity contribution in [3.05, 3.63) is 59.1 Å². The van der Waals surface area contributed by atoms with Crippen molar-refractivity contribution < 1.29 is 9.53 Å². The molecule has 0 saturated heterocycles. The number of nitrogens with zero attached hydrogens (tertiary/aromatic N) is 2. The summed E-state index contributed by atoms with van der Waals surface area (Å²) in [6, 6.07) is 16.1. The van der Waals surface area contributed by atoms with Gasteiger partial charge in [-0.3, -0.25) is 4.79 Å². The maximum atomic E-state index is 12.4. The Balaban J connectivity index is 1.56. The van der Waals surface area contributed by atoms with Gasteiger partial charge in [0.05, 0.1) is 23.4 Å². The Morgan fingerprint density at radius 2 is 2.07 bits per heavy atom. The van der Waals surface area contributed by atoms with Crippen LogP contribution in [0.4, 0.5) is 0 Å². The first-order valence-electron chi connectivity index (χ1n) is 9.67. The predicted molar refractivity (Wildman–Crippen MR) is 120 cm³/mol. The zero-order valence-electron chi connectivity index (χ0n) is 16.7. The molecule has 0 radical (unpaired) electrons. The molecule has 1 amide bonds. The lowest BCUT2D eigenvalue weighted by Gasteiger charge is -2.14. The lowest BCUT2D eigenvalue weighted by atomic mass is 10.1. The fourth-order valence-corrected chi connectivity index (χ4v) is 4.15. The molecule has 1 heterocycles. The van der Waals surface area contributed by atoms with Crippen LogP contribution in [0.25, 0.3) is 11.0 Å². The van der Waals surface area contributed by atoms with E-state index in [1.165, 1.54) is 17.3 Å². The molecule has 1 aromatic heterocycles. The minimum atomic E-state index is 0.0129. The summed E-state index contributed by atoms with van der Waals surface area (Å²) < 4.78 is 7.30. The van der Waals surface area contributed by atoms with Crippen molar-refractivity contribution in [1.82, 2.24) is 14.9 Å². The number of methoxy groups -OCH3 is 1. The average molecular weight is 432 g/mol. The van der Waals surface area contributed by atoms with E-state index in [9.17, 15) is 4.79 Å². The van der Waals surface area contributed by atoms with Gasteiger partial charge < -0.3 is 14.6 Å². The number of aryl methyl sites for hydroxylation is 1. The highest BCUT2D eigenvalue weighted by atomic mass is 35.5. The van der Waals surface area contributed by atoms with Crippen LogP contribution >= 0.6 is 23.4 Å². The predicted octanol–water partition coefficient (Wildman–Crippen LogP) is 4.57. The molecule has 5 nitrogen and oxygen atoms in total. The highest BCUT2D eigenvalue weighted by molar-refractivity contribution is 7.99. The SMILES string of the molecule is COCCn1c(SCC(=O)NC(C)CCc2ccccc2)nc2cc(Cl)ccc21. The van der Waals surface area contributed by atoms with E-state index in [1.807, 2.05) is 43.3 Å². The summed E-state index contributed by atoms with van der Waals surface area (Å²) >= 11 is 7.53. The molecular formula is C22H26ClN3O2S. The van der Waals surface area contributed by atoms with Crippen LogP contribution in [0.15, 0.2) is 53.7 Å². The van der Waals surface area contributed by atoms with Gasteiger partial charge in [-0.1, -0.05) is 53.7 Å². The molecule has 0 spiro atoms. The van der Waals surface area contributed by atoms with Crippen LogP contribution in [0.3, 0.4) is 0 Å². The van der Waals surface area contributed by atoms with Crippen LogP contribution in [0.1, 0.15) is 18.9 Å². The van der Waals surface area contributed by atoms with E-state index in [2.05, 4.69) is 27.0 Å². The first-order valence-corrected chi connectivity index (χ1v) is 11.0. The quantitative estimate of drug-likeness (QED) is 0.478. The van der Waals surface area contributed by atoms with E-state index in [0.717, 1.165) is 29.0 Å². The number of amides is 1. The molecule has 0 saturated carbocycles. The van der Waals surface area contributed by atoms with Crippen LogP contribution < -0.4 is 5.32 Å². The summed E-state index contributed by atoms with van der Waals surface area (Å²) in [5.74, 6) is 0.332. The van der Waals surface area contributed by atoms with Crippen LogP contribution in [-0.4, -0.2) is 41.0 Å². The first-order chi connectivity index (χ1) is 14.1. The summed E-state index contributed by atoms with van der Waals surface area (Å²) in [6.07, 6.45) is 1.86. The molecule has 3 rings (SSSR count). The number of aromatic nitrogens is 2. The lowest BCUT2D eigenvalue weighted by molar-refractivity contribution is -0.119. The molecule has 0 fully saturated rings. The Morgan fingerprint density at radius 1 is 1.28 bits per heavy atom. The third-order valence-electron chi connectivity index (χ3n) is 4.64. The summed E-state index contributed by atoms with van der Waals surface area (Å²) in [6.45, 7) is 3.29. The van der Waals surface area contributed by atoms with Gasteiger partial charge in [0.1, 0.15) is 0 Å². The highest BCUT2D eigenvalue weighted by Gasteiger charge is 2.14.